The van der Waals surface area contributed by atoms with Crippen molar-refractivity contribution < 1.29 is 31.1 Å². The van der Waals surface area contributed by atoms with Gasteiger partial charge in [0.15, 0.2) is 0 Å². The highest BCUT2D eigenvalue weighted by molar-refractivity contribution is 7.92. The highest BCUT2D eigenvalue weighted by Gasteiger charge is 2.40. The van der Waals surface area contributed by atoms with Crippen molar-refractivity contribution in [1.82, 2.24) is 4.90 Å². The molecule has 0 saturated carbocycles. The predicted octanol–water partition coefficient (Wildman–Crippen LogP) is 5.27. The minimum atomic E-state index is -4.83. The number of benzene rings is 3. The number of hydrogen-bond donors (Lipinski definition) is 0. The van der Waals surface area contributed by atoms with Gasteiger partial charge < -0.3 is 9.64 Å². The fourth-order valence-corrected chi connectivity index (χ4v) is 5.84. The van der Waals surface area contributed by atoms with Crippen LogP contribution in [0.25, 0.3) is 0 Å². The Bertz CT molecular complexity index is 1310. The van der Waals surface area contributed by atoms with Crippen LogP contribution in [0.5, 0.6) is 5.75 Å². The number of likely N-dealkylation sites (tertiary alicyclic amines) is 1. The molecule has 190 valence electrons. The number of rotatable bonds is 7. The van der Waals surface area contributed by atoms with Gasteiger partial charge in [-0.1, -0.05) is 42.5 Å². The number of methoxy groups -OCH3 is 1. The zero-order valence-electron chi connectivity index (χ0n) is 19.5. The van der Waals surface area contributed by atoms with Crippen LogP contribution in [0.1, 0.15) is 30.0 Å². The van der Waals surface area contributed by atoms with Crippen LogP contribution in [-0.2, 0) is 21.0 Å². The number of hydrogen-bond acceptors (Lipinski definition) is 4. The maximum absolute atomic E-state index is 13.9. The van der Waals surface area contributed by atoms with Gasteiger partial charge in [0.1, 0.15) is 12.3 Å². The molecule has 1 unspecified atom stereocenters. The van der Waals surface area contributed by atoms with Gasteiger partial charge in [-0.15, -0.1) is 0 Å². The molecule has 1 aliphatic heterocycles. The first kappa shape index (κ1) is 25.6. The van der Waals surface area contributed by atoms with Crippen molar-refractivity contribution >= 4 is 21.6 Å². The summed E-state index contributed by atoms with van der Waals surface area (Å²) in [7, 11) is -3.13. The Hall–Kier alpha value is -3.53. The molecule has 10 heteroatoms. The molecule has 0 aliphatic carbocycles. The summed E-state index contributed by atoms with van der Waals surface area (Å²) in [6.07, 6.45) is -3.44. The average molecular weight is 519 g/mol. The number of halogens is 3. The zero-order valence-corrected chi connectivity index (χ0v) is 20.3. The molecule has 1 amide bonds. The first-order chi connectivity index (χ1) is 17.1. The van der Waals surface area contributed by atoms with Crippen molar-refractivity contribution in [3.05, 3.63) is 90.0 Å². The summed E-state index contributed by atoms with van der Waals surface area (Å²) in [5.41, 5.74) is -0.857. The molecule has 0 bridgehead atoms. The van der Waals surface area contributed by atoms with Gasteiger partial charge in [0, 0.05) is 6.54 Å². The molecule has 0 spiro atoms. The Kier molecular flexibility index (Phi) is 7.26. The topological polar surface area (TPSA) is 66.9 Å². The summed E-state index contributed by atoms with van der Waals surface area (Å²) in [6, 6.07) is 18.7. The standard InChI is InChI=1S/C26H25F3N2O4S/c1-35-20-13-15-21(16-14-20)36(33,34)31(24-11-6-5-10-22(24)26(27,28)29)18-25(32)30-17-7-12-23(30)19-8-3-2-4-9-19/h2-6,8-11,13-16,23H,7,12,17-18H2,1H3. The molecule has 0 aromatic heterocycles. The van der Waals surface area contributed by atoms with Crippen LogP contribution in [0.2, 0.25) is 0 Å². The maximum atomic E-state index is 13.9. The Labute approximate surface area is 208 Å². The lowest BCUT2D eigenvalue weighted by molar-refractivity contribution is -0.137. The van der Waals surface area contributed by atoms with E-state index in [0.29, 0.717) is 29.4 Å². The first-order valence-corrected chi connectivity index (χ1v) is 12.7. The molecule has 3 aromatic carbocycles. The molecule has 1 heterocycles. The van der Waals surface area contributed by atoms with Crippen LogP contribution >= 0.6 is 0 Å². The molecule has 36 heavy (non-hydrogen) atoms. The van der Waals surface area contributed by atoms with Gasteiger partial charge in [0.25, 0.3) is 10.0 Å². The molecular formula is C26H25F3N2O4S. The lowest BCUT2D eigenvalue weighted by Gasteiger charge is -2.31. The molecule has 1 saturated heterocycles. The summed E-state index contributed by atoms with van der Waals surface area (Å²) in [5, 5.41) is 0. The SMILES string of the molecule is COc1ccc(S(=O)(=O)N(CC(=O)N2CCCC2c2ccccc2)c2ccccc2C(F)(F)F)cc1. The summed E-state index contributed by atoms with van der Waals surface area (Å²) >= 11 is 0. The Morgan fingerprint density at radius 1 is 1.00 bits per heavy atom. The second kappa shape index (κ2) is 10.2. The summed E-state index contributed by atoms with van der Waals surface area (Å²) in [5.74, 6) is -0.189. The molecule has 1 fully saturated rings. The summed E-state index contributed by atoms with van der Waals surface area (Å²) < 4.78 is 74.6. The van der Waals surface area contributed by atoms with Crippen LogP contribution in [-0.4, -0.2) is 39.4 Å². The smallest absolute Gasteiger partial charge is 0.418 e. The molecule has 0 radical (unpaired) electrons. The van der Waals surface area contributed by atoms with Gasteiger partial charge in [-0.25, -0.2) is 8.42 Å². The third-order valence-electron chi connectivity index (χ3n) is 6.16. The molecule has 0 N–H and O–H groups in total. The third-order valence-corrected chi connectivity index (χ3v) is 7.94. The van der Waals surface area contributed by atoms with Gasteiger partial charge >= 0.3 is 6.18 Å². The van der Waals surface area contributed by atoms with E-state index in [1.807, 2.05) is 30.3 Å². The Morgan fingerprint density at radius 3 is 2.28 bits per heavy atom. The predicted molar refractivity (Wildman–Crippen MR) is 129 cm³/mol. The highest BCUT2D eigenvalue weighted by Crippen LogP contribution is 2.39. The number of sulfonamides is 1. The Morgan fingerprint density at radius 2 is 1.64 bits per heavy atom. The molecule has 3 aromatic rings. The first-order valence-electron chi connectivity index (χ1n) is 11.3. The van der Waals surface area contributed by atoms with Crippen LogP contribution in [0, 0.1) is 0 Å². The van der Waals surface area contributed by atoms with Crippen molar-refractivity contribution in [3.63, 3.8) is 0 Å². The Balaban J connectivity index is 1.76. The fourth-order valence-electron chi connectivity index (χ4n) is 4.41. The largest absolute Gasteiger partial charge is 0.497 e. The minimum absolute atomic E-state index is 0.255. The van der Waals surface area contributed by atoms with E-state index in [2.05, 4.69) is 0 Å². The van der Waals surface area contributed by atoms with E-state index >= 15 is 0 Å². The number of amides is 1. The number of nitrogens with zero attached hydrogens (tertiary/aromatic N) is 2. The zero-order chi connectivity index (χ0) is 25.9. The number of anilines is 1. The van der Waals surface area contributed by atoms with Gasteiger partial charge in [-0.3, -0.25) is 9.10 Å². The molecular weight excluding hydrogens is 493 g/mol. The van der Waals surface area contributed by atoms with E-state index in [1.54, 1.807) is 4.90 Å². The molecule has 6 nitrogen and oxygen atoms in total. The number of para-hydroxylation sites is 1. The van der Waals surface area contributed by atoms with E-state index in [-0.39, 0.29) is 10.9 Å². The van der Waals surface area contributed by atoms with Crippen molar-refractivity contribution in [3.8, 4) is 5.75 Å². The van der Waals surface area contributed by atoms with Crippen LogP contribution in [0.3, 0.4) is 0 Å². The number of carbonyl (C=O) groups is 1. The van der Waals surface area contributed by atoms with E-state index in [9.17, 15) is 26.4 Å². The second-order valence-corrected chi connectivity index (χ2v) is 10.2. The lowest BCUT2D eigenvalue weighted by Crippen LogP contribution is -2.43. The van der Waals surface area contributed by atoms with Crippen LogP contribution in [0.4, 0.5) is 18.9 Å². The van der Waals surface area contributed by atoms with E-state index < -0.39 is 39.9 Å². The average Bonchev–Trinajstić information content (AvgIpc) is 3.37. The van der Waals surface area contributed by atoms with E-state index in [0.717, 1.165) is 17.7 Å². The summed E-state index contributed by atoms with van der Waals surface area (Å²) in [6.45, 7) is -0.388. The molecule has 1 aliphatic rings. The molecule has 1 atom stereocenters. The van der Waals surface area contributed by atoms with E-state index in [1.165, 1.54) is 43.5 Å². The van der Waals surface area contributed by atoms with Gasteiger partial charge in [0.05, 0.1) is 29.3 Å². The maximum Gasteiger partial charge on any atom is 0.418 e. The summed E-state index contributed by atoms with van der Waals surface area (Å²) in [4.78, 5) is 14.8. The van der Waals surface area contributed by atoms with Crippen LogP contribution in [0.15, 0.2) is 83.8 Å². The second-order valence-electron chi connectivity index (χ2n) is 8.36. The lowest BCUT2D eigenvalue weighted by atomic mass is 10.0. The quantitative estimate of drug-likeness (QED) is 0.427. The van der Waals surface area contributed by atoms with Crippen molar-refractivity contribution in [2.45, 2.75) is 30.0 Å². The van der Waals surface area contributed by atoms with E-state index in [4.69, 9.17) is 4.74 Å². The highest BCUT2D eigenvalue weighted by atomic mass is 32.2. The van der Waals surface area contributed by atoms with Gasteiger partial charge in [-0.05, 0) is 54.8 Å². The number of ether oxygens (including phenoxy) is 1. The van der Waals surface area contributed by atoms with Crippen molar-refractivity contribution in [1.29, 1.82) is 0 Å². The minimum Gasteiger partial charge on any atom is -0.497 e. The normalized spacial score (nSPS) is 16.1. The molecule has 4 rings (SSSR count). The van der Waals surface area contributed by atoms with Gasteiger partial charge in [0.2, 0.25) is 5.91 Å². The fraction of sp³-hybridized carbons (Fsp3) is 0.269. The number of alkyl halides is 3. The van der Waals surface area contributed by atoms with Crippen molar-refractivity contribution in [2.75, 3.05) is 24.5 Å². The van der Waals surface area contributed by atoms with Crippen LogP contribution < -0.4 is 9.04 Å². The monoisotopic (exact) mass is 518 g/mol. The number of carbonyl (C=O) groups excluding carboxylic acids is 1. The van der Waals surface area contributed by atoms with Crippen molar-refractivity contribution in [2.24, 2.45) is 0 Å². The third kappa shape index (κ3) is 5.18. The van der Waals surface area contributed by atoms with Gasteiger partial charge in [-0.2, -0.15) is 13.2 Å².